The molecule has 1 aliphatic carbocycles. The van der Waals surface area contributed by atoms with Crippen molar-refractivity contribution in [3.05, 3.63) is 41.2 Å². The topological polar surface area (TPSA) is 63.6 Å². The van der Waals surface area contributed by atoms with Gasteiger partial charge >= 0.3 is 5.97 Å². The summed E-state index contributed by atoms with van der Waals surface area (Å²) in [7, 11) is 0. The van der Waals surface area contributed by atoms with Gasteiger partial charge in [-0.05, 0) is 50.3 Å². The quantitative estimate of drug-likeness (QED) is 0.369. The van der Waals surface area contributed by atoms with Gasteiger partial charge in [0, 0.05) is 18.9 Å². The molecule has 24 heavy (non-hydrogen) atoms. The van der Waals surface area contributed by atoms with E-state index in [1.54, 1.807) is 13.0 Å². The van der Waals surface area contributed by atoms with Gasteiger partial charge in [-0.1, -0.05) is 26.0 Å². The van der Waals surface area contributed by atoms with E-state index in [-0.39, 0.29) is 23.3 Å². The number of aliphatic hydroxyl groups is 1. The van der Waals surface area contributed by atoms with Crippen LogP contribution in [0.25, 0.3) is 0 Å². The smallest absolute Gasteiger partial charge is 0.302 e. The van der Waals surface area contributed by atoms with Crippen molar-refractivity contribution in [1.29, 1.82) is 0 Å². The Bertz CT molecular complexity index is 606. The molecule has 0 spiro atoms. The molecule has 4 nitrogen and oxygen atoms in total. The van der Waals surface area contributed by atoms with Crippen LogP contribution in [0.3, 0.4) is 0 Å². The third kappa shape index (κ3) is 5.95. The highest BCUT2D eigenvalue weighted by molar-refractivity contribution is 5.87. The predicted molar refractivity (Wildman–Crippen MR) is 94.4 cm³/mol. The number of carbonyl (C=O) groups excluding carboxylic acids is 2. The normalized spacial score (nSPS) is 26.9. The Labute approximate surface area is 144 Å². The summed E-state index contributed by atoms with van der Waals surface area (Å²) in [6, 6.07) is 0. The van der Waals surface area contributed by atoms with Crippen LogP contribution in [0.2, 0.25) is 0 Å². The molecule has 0 aromatic heterocycles. The highest BCUT2D eigenvalue weighted by atomic mass is 16.5. The van der Waals surface area contributed by atoms with Crippen molar-refractivity contribution in [3.63, 3.8) is 0 Å². The molecule has 0 heterocycles. The minimum atomic E-state index is -1.09. The van der Waals surface area contributed by atoms with Crippen LogP contribution in [0.1, 0.15) is 54.4 Å². The van der Waals surface area contributed by atoms with Crippen LogP contribution in [0.4, 0.5) is 0 Å². The summed E-state index contributed by atoms with van der Waals surface area (Å²) in [5, 5.41) is 10.8. The second-order valence-electron chi connectivity index (χ2n) is 7.34. The number of hydrogen-bond donors (Lipinski definition) is 1. The van der Waals surface area contributed by atoms with E-state index in [4.69, 9.17) is 4.74 Å². The number of carbonyl (C=O) groups is 2. The molecular weight excluding hydrogens is 304 g/mol. The lowest BCUT2D eigenvalue weighted by Crippen LogP contribution is -2.46. The molecular formula is C20H28O4. The van der Waals surface area contributed by atoms with Crippen molar-refractivity contribution in [1.82, 2.24) is 0 Å². The van der Waals surface area contributed by atoms with Crippen LogP contribution in [0.5, 0.6) is 0 Å². The van der Waals surface area contributed by atoms with E-state index in [0.29, 0.717) is 12.8 Å². The Hall–Kier alpha value is -1.90. The minimum Gasteiger partial charge on any atom is -0.462 e. The largest absolute Gasteiger partial charge is 0.462 e. The maximum absolute atomic E-state index is 11.2. The molecule has 1 fully saturated rings. The van der Waals surface area contributed by atoms with Crippen molar-refractivity contribution in [2.75, 3.05) is 0 Å². The van der Waals surface area contributed by atoms with Crippen LogP contribution >= 0.6 is 0 Å². The fourth-order valence-electron chi connectivity index (χ4n) is 3.26. The minimum absolute atomic E-state index is 0.00533. The molecule has 0 aromatic rings. The predicted octanol–water partition coefficient (Wildman–Crippen LogP) is 3.66. The lowest BCUT2D eigenvalue weighted by Gasteiger charge is -2.44. The molecule has 0 aromatic carbocycles. The Morgan fingerprint density at radius 3 is 2.33 bits per heavy atom. The Balaban J connectivity index is 3.10. The van der Waals surface area contributed by atoms with Gasteiger partial charge in [0.1, 0.15) is 6.10 Å². The fourth-order valence-corrected chi connectivity index (χ4v) is 3.26. The number of ketones is 1. The molecule has 0 bridgehead atoms. The first-order valence-electron chi connectivity index (χ1n) is 8.17. The molecule has 0 unspecified atom stereocenters. The summed E-state index contributed by atoms with van der Waals surface area (Å²) in [6.45, 7) is 10.6. The summed E-state index contributed by atoms with van der Waals surface area (Å²) >= 11 is 0. The van der Waals surface area contributed by atoms with Crippen molar-refractivity contribution in [2.45, 2.75) is 66.1 Å². The van der Waals surface area contributed by atoms with Gasteiger partial charge in [0.2, 0.25) is 0 Å². The van der Waals surface area contributed by atoms with Gasteiger partial charge in [-0.25, -0.2) is 0 Å². The zero-order valence-corrected chi connectivity index (χ0v) is 15.5. The summed E-state index contributed by atoms with van der Waals surface area (Å²) in [5.74, 6) is -0.333. The standard InChI is InChI=1S/C20H28O4/c1-14(8-7-9-15(2)21)10-11-18-19(4,5)12-17(24-16(3)22)13-20(18,6)23/h7-10,17,23H,12-13H2,1-6H3/b9-7+,14-8+/t11?,17-,20+/m0/s1. The molecule has 4 heteroatoms. The molecule has 0 saturated heterocycles. The third-order valence-corrected chi connectivity index (χ3v) is 4.05. The average Bonchev–Trinajstić information content (AvgIpc) is 2.34. The first-order valence-corrected chi connectivity index (χ1v) is 8.17. The van der Waals surface area contributed by atoms with Crippen molar-refractivity contribution in [3.8, 4) is 0 Å². The van der Waals surface area contributed by atoms with Crippen LogP contribution in [-0.4, -0.2) is 28.6 Å². The van der Waals surface area contributed by atoms with Crippen LogP contribution in [-0.2, 0) is 14.3 Å². The number of rotatable bonds is 4. The molecule has 132 valence electrons. The summed E-state index contributed by atoms with van der Waals surface area (Å²) < 4.78 is 5.31. The van der Waals surface area contributed by atoms with E-state index in [1.165, 1.54) is 19.9 Å². The van der Waals surface area contributed by atoms with E-state index < -0.39 is 5.60 Å². The maximum atomic E-state index is 11.2. The molecule has 0 aliphatic heterocycles. The highest BCUT2D eigenvalue weighted by Gasteiger charge is 2.46. The number of allylic oxidation sites excluding steroid dienone is 4. The highest BCUT2D eigenvalue weighted by Crippen LogP contribution is 2.46. The van der Waals surface area contributed by atoms with Crippen molar-refractivity contribution in [2.24, 2.45) is 5.41 Å². The molecule has 0 radical (unpaired) electrons. The van der Waals surface area contributed by atoms with Crippen molar-refractivity contribution >= 4 is 11.8 Å². The fraction of sp³-hybridized carbons (Fsp3) is 0.550. The second kappa shape index (κ2) is 7.78. The zero-order valence-electron chi connectivity index (χ0n) is 15.5. The van der Waals surface area contributed by atoms with E-state index in [9.17, 15) is 14.7 Å². The first-order chi connectivity index (χ1) is 10.9. The Kier molecular flexibility index (Phi) is 6.53. The zero-order chi connectivity index (χ0) is 18.5. The maximum Gasteiger partial charge on any atom is 0.302 e. The van der Waals surface area contributed by atoms with E-state index in [1.807, 2.05) is 32.9 Å². The summed E-state index contributed by atoms with van der Waals surface area (Å²) in [4.78, 5) is 22.1. The SMILES string of the molecule is CC(=O)/C=C/C=C(\C)C=C=C1C(C)(C)C[C@H](OC(C)=O)C[C@@]1(C)O. The van der Waals surface area contributed by atoms with Crippen molar-refractivity contribution < 1.29 is 19.4 Å². The third-order valence-electron chi connectivity index (χ3n) is 4.05. The second-order valence-corrected chi connectivity index (χ2v) is 7.34. The molecule has 1 rings (SSSR count). The van der Waals surface area contributed by atoms with Gasteiger partial charge in [-0.2, -0.15) is 0 Å². The number of ether oxygens (including phenoxy) is 1. The Morgan fingerprint density at radius 2 is 1.83 bits per heavy atom. The number of esters is 1. The van der Waals surface area contributed by atoms with Crippen LogP contribution in [0.15, 0.2) is 41.2 Å². The molecule has 1 saturated carbocycles. The monoisotopic (exact) mass is 332 g/mol. The molecule has 0 amide bonds. The van der Waals surface area contributed by atoms with E-state index >= 15 is 0 Å². The summed E-state index contributed by atoms with van der Waals surface area (Å²) in [6.07, 6.45) is 7.53. The summed E-state index contributed by atoms with van der Waals surface area (Å²) in [5.41, 5.74) is 3.52. The number of hydrogen-bond acceptors (Lipinski definition) is 4. The molecule has 1 aliphatic rings. The Morgan fingerprint density at radius 1 is 1.21 bits per heavy atom. The molecule has 1 N–H and O–H groups in total. The van der Waals surface area contributed by atoms with Gasteiger partial charge < -0.3 is 9.84 Å². The van der Waals surface area contributed by atoms with Gasteiger partial charge in [0.15, 0.2) is 5.78 Å². The van der Waals surface area contributed by atoms with Gasteiger partial charge in [-0.15, -0.1) is 5.73 Å². The first kappa shape index (κ1) is 20.1. The average molecular weight is 332 g/mol. The van der Waals surface area contributed by atoms with Gasteiger partial charge in [-0.3, -0.25) is 9.59 Å². The lowest BCUT2D eigenvalue weighted by atomic mass is 9.65. The van der Waals surface area contributed by atoms with E-state index in [2.05, 4.69) is 5.73 Å². The van der Waals surface area contributed by atoms with Crippen LogP contribution < -0.4 is 0 Å². The molecule has 2 atom stereocenters. The lowest BCUT2D eigenvalue weighted by molar-refractivity contribution is -0.152. The van der Waals surface area contributed by atoms with Gasteiger partial charge in [0.05, 0.1) is 5.60 Å². The van der Waals surface area contributed by atoms with Crippen LogP contribution in [0, 0.1) is 5.41 Å². The van der Waals surface area contributed by atoms with E-state index in [0.717, 1.165) is 11.1 Å². The van der Waals surface area contributed by atoms with Gasteiger partial charge in [0.25, 0.3) is 0 Å².